The Morgan fingerprint density at radius 1 is 1.16 bits per heavy atom. The van der Waals surface area contributed by atoms with Gasteiger partial charge in [-0.2, -0.15) is 0 Å². The van der Waals surface area contributed by atoms with Crippen molar-refractivity contribution in [1.29, 1.82) is 0 Å². The van der Waals surface area contributed by atoms with Crippen LogP contribution in [0.25, 0.3) is 0 Å². The fourth-order valence-corrected chi connectivity index (χ4v) is 2.28. The van der Waals surface area contributed by atoms with E-state index in [1.165, 1.54) is 36.0 Å². The number of halogens is 1. The third-order valence-electron chi connectivity index (χ3n) is 2.49. The summed E-state index contributed by atoms with van der Waals surface area (Å²) >= 11 is 1.53. The number of aromatic nitrogens is 2. The Balaban J connectivity index is 1.74. The molecule has 0 atom stereocenters. The average molecular weight is 276 g/mol. The van der Waals surface area contributed by atoms with E-state index in [4.69, 9.17) is 0 Å². The minimum atomic E-state index is -0.326. The largest absolute Gasteiger partial charge is 0.294 e. The molecule has 0 aliphatic rings. The van der Waals surface area contributed by atoms with Gasteiger partial charge in [0.2, 0.25) is 0 Å². The number of carbonyl (C=O) groups is 1. The molecular formula is C14H13FN2OS. The highest BCUT2D eigenvalue weighted by Gasteiger charge is 2.06. The average Bonchev–Trinajstić information content (AvgIpc) is 2.45. The summed E-state index contributed by atoms with van der Waals surface area (Å²) in [5, 5.41) is 0.719. The molecule has 0 fully saturated rings. The molecule has 0 amide bonds. The number of hydrogen-bond acceptors (Lipinski definition) is 4. The van der Waals surface area contributed by atoms with E-state index < -0.39 is 0 Å². The highest BCUT2D eigenvalue weighted by atomic mass is 32.2. The van der Waals surface area contributed by atoms with Crippen LogP contribution in [0.2, 0.25) is 0 Å². The molecule has 19 heavy (non-hydrogen) atoms. The van der Waals surface area contributed by atoms with Gasteiger partial charge in [0.1, 0.15) is 5.82 Å². The number of hydrogen-bond donors (Lipinski definition) is 0. The molecular weight excluding hydrogens is 263 g/mol. The molecule has 0 aliphatic heterocycles. The molecule has 0 saturated heterocycles. The Hall–Kier alpha value is -1.75. The maximum Gasteiger partial charge on any atom is 0.187 e. The Bertz CT molecular complexity index is 531. The molecule has 3 nitrogen and oxygen atoms in total. The van der Waals surface area contributed by atoms with Crippen LogP contribution in [0, 0.1) is 5.82 Å². The molecule has 2 aromatic rings. The molecule has 0 saturated carbocycles. The summed E-state index contributed by atoms with van der Waals surface area (Å²) in [5.74, 6) is 0.500. The Morgan fingerprint density at radius 2 is 1.84 bits per heavy atom. The smallest absolute Gasteiger partial charge is 0.187 e. The van der Waals surface area contributed by atoms with Gasteiger partial charge in [-0.1, -0.05) is 11.8 Å². The molecule has 0 radical (unpaired) electrons. The number of carbonyl (C=O) groups excluding carboxylic acids is 1. The lowest BCUT2D eigenvalue weighted by molar-refractivity contribution is 0.0982. The number of thioether (sulfide) groups is 1. The van der Waals surface area contributed by atoms with Crippen molar-refractivity contribution < 1.29 is 9.18 Å². The van der Waals surface area contributed by atoms with Gasteiger partial charge in [-0.25, -0.2) is 14.4 Å². The van der Waals surface area contributed by atoms with E-state index in [0.717, 1.165) is 17.3 Å². The molecule has 0 bridgehead atoms. The maximum atomic E-state index is 12.7. The first-order valence-corrected chi connectivity index (χ1v) is 6.93. The Labute approximate surface area is 115 Å². The lowest BCUT2D eigenvalue weighted by Gasteiger charge is -2.01. The highest BCUT2D eigenvalue weighted by molar-refractivity contribution is 7.99. The van der Waals surface area contributed by atoms with Crippen LogP contribution >= 0.6 is 11.8 Å². The predicted molar refractivity (Wildman–Crippen MR) is 72.7 cm³/mol. The number of benzene rings is 1. The maximum absolute atomic E-state index is 12.7. The Morgan fingerprint density at radius 3 is 2.53 bits per heavy atom. The number of ketones is 1. The van der Waals surface area contributed by atoms with Crippen molar-refractivity contribution in [3.8, 4) is 0 Å². The molecule has 0 unspecified atom stereocenters. The van der Waals surface area contributed by atoms with Gasteiger partial charge in [0.15, 0.2) is 10.9 Å². The molecule has 0 aliphatic carbocycles. The van der Waals surface area contributed by atoms with Crippen LogP contribution in [-0.4, -0.2) is 21.5 Å². The highest BCUT2D eigenvalue weighted by Crippen LogP contribution is 2.14. The van der Waals surface area contributed by atoms with E-state index in [1.54, 1.807) is 18.5 Å². The van der Waals surface area contributed by atoms with E-state index in [2.05, 4.69) is 9.97 Å². The lowest BCUT2D eigenvalue weighted by atomic mass is 10.1. The lowest BCUT2D eigenvalue weighted by Crippen LogP contribution is -1.99. The number of rotatable bonds is 6. The zero-order chi connectivity index (χ0) is 13.5. The molecule has 5 heteroatoms. The SMILES string of the molecule is O=C(CCCSc1ncccn1)c1ccc(F)cc1. The topological polar surface area (TPSA) is 42.9 Å². The van der Waals surface area contributed by atoms with Crippen molar-refractivity contribution >= 4 is 17.5 Å². The van der Waals surface area contributed by atoms with Gasteiger partial charge in [0, 0.05) is 30.1 Å². The zero-order valence-electron chi connectivity index (χ0n) is 10.3. The summed E-state index contributed by atoms with van der Waals surface area (Å²) in [7, 11) is 0. The molecule has 1 aromatic heterocycles. The summed E-state index contributed by atoms with van der Waals surface area (Å²) in [6.07, 6.45) is 4.59. The monoisotopic (exact) mass is 276 g/mol. The van der Waals surface area contributed by atoms with Crippen LogP contribution < -0.4 is 0 Å². The van der Waals surface area contributed by atoms with Gasteiger partial charge in [0.05, 0.1) is 0 Å². The third kappa shape index (κ3) is 4.44. The van der Waals surface area contributed by atoms with Crippen LogP contribution in [-0.2, 0) is 0 Å². The van der Waals surface area contributed by atoms with Gasteiger partial charge in [-0.05, 0) is 36.8 Å². The molecule has 0 spiro atoms. The minimum Gasteiger partial charge on any atom is -0.294 e. The van der Waals surface area contributed by atoms with Crippen LogP contribution in [0.1, 0.15) is 23.2 Å². The first kappa shape index (κ1) is 13.7. The van der Waals surface area contributed by atoms with Crippen LogP contribution in [0.5, 0.6) is 0 Å². The van der Waals surface area contributed by atoms with Crippen molar-refractivity contribution in [2.24, 2.45) is 0 Å². The van der Waals surface area contributed by atoms with Gasteiger partial charge in [-0.15, -0.1) is 0 Å². The van der Waals surface area contributed by atoms with Gasteiger partial charge in [0.25, 0.3) is 0 Å². The van der Waals surface area contributed by atoms with Crippen LogP contribution in [0.3, 0.4) is 0 Å². The van der Waals surface area contributed by atoms with E-state index >= 15 is 0 Å². The summed E-state index contributed by atoms with van der Waals surface area (Å²) in [6.45, 7) is 0. The first-order chi connectivity index (χ1) is 9.25. The van der Waals surface area contributed by atoms with Crippen molar-refractivity contribution in [2.45, 2.75) is 18.0 Å². The molecule has 98 valence electrons. The molecule has 0 N–H and O–H groups in total. The second-order valence-corrected chi connectivity index (χ2v) is 4.98. The summed E-state index contributed by atoms with van der Waals surface area (Å²) in [6, 6.07) is 7.41. The first-order valence-electron chi connectivity index (χ1n) is 5.94. The second-order valence-electron chi connectivity index (χ2n) is 3.91. The summed E-state index contributed by atoms with van der Waals surface area (Å²) < 4.78 is 12.7. The van der Waals surface area contributed by atoms with Gasteiger partial charge >= 0.3 is 0 Å². The minimum absolute atomic E-state index is 0.0366. The van der Waals surface area contributed by atoms with Crippen LogP contribution in [0.15, 0.2) is 47.9 Å². The van der Waals surface area contributed by atoms with Crippen LogP contribution in [0.4, 0.5) is 4.39 Å². The standard InChI is InChI=1S/C14H13FN2OS/c15-12-6-4-11(5-7-12)13(18)3-1-10-19-14-16-8-2-9-17-14/h2,4-9H,1,3,10H2. The van der Waals surface area contributed by atoms with E-state index in [9.17, 15) is 9.18 Å². The van der Waals surface area contributed by atoms with Gasteiger partial charge in [-0.3, -0.25) is 4.79 Å². The fourth-order valence-electron chi connectivity index (χ4n) is 1.54. The van der Waals surface area contributed by atoms with E-state index in [0.29, 0.717) is 12.0 Å². The Kier molecular flexibility index (Phi) is 5.03. The van der Waals surface area contributed by atoms with Crippen molar-refractivity contribution in [3.05, 3.63) is 54.1 Å². The summed E-state index contributed by atoms with van der Waals surface area (Å²) in [4.78, 5) is 20.0. The van der Waals surface area contributed by atoms with Crippen molar-refractivity contribution in [3.63, 3.8) is 0 Å². The van der Waals surface area contributed by atoms with E-state index in [-0.39, 0.29) is 11.6 Å². The number of nitrogens with zero attached hydrogens (tertiary/aromatic N) is 2. The molecule has 2 rings (SSSR count). The normalized spacial score (nSPS) is 10.4. The number of Topliss-reactive ketones (excluding diaryl/α,β-unsaturated/α-hetero) is 1. The van der Waals surface area contributed by atoms with E-state index in [1.807, 2.05) is 0 Å². The predicted octanol–water partition coefficient (Wildman–Crippen LogP) is 3.37. The third-order valence-corrected chi connectivity index (χ3v) is 3.45. The molecule has 1 aromatic carbocycles. The van der Waals surface area contributed by atoms with Crippen molar-refractivity contribution in [1.82, 2.24) is 9.97 Å². The summed E-state index contributed by atoms with van der Waals surface area (Å²) in [5.41, 5.74) is 0.558. The zero-order valence-corrected chi connectivity index (χ0v) is 11.1. The second kappa shape index (κ2) is 6.99. The quantitative estimate of drug-likeness (QED) is 0.351. The molecule has 1 heterocycles. The van der Waals surface area contributed by atoms with Crippen molar-refractivity contribution in [2.75, 3.05) is 5.75 Å². The fraction of sp³-hybridized carbons (Fsp3) is 0.214. The van der Waals surface area contributed by atoms with Gasteiger partial charge < -0.3 is 0 Å².